The van der Waals surface area contributed by atoms with Crippen LogP contribution in [0.3, 0.4) is 0 Å². The molecule has 17 heavy (non-hydrogen) atoms. The molecule has 4 heteroatoms. The van der Waals surface area contributed by atoms with Gasteiger partial charge in [-0.1, -0.05) is 6.92 Å². The van der Waals surface area contributed by atoms with Gasteiger partial charge in [-0.2, -0.15) is 0 Å². The van der Waals surface area contributed by atoms with Gasteiger partial charge in [0.05, 0.1) is 0 Å². The molecular weight excluding hydrogens is 212 g/mol. The first-order valence-electron chi connectivity index (χ1n) is 5.76. The van der Waals surface area contributed by atoms with Crippen LogP contribution in [0.1, 0.15) is 13.3 Å². The maximum atomic E-state index is 4.42. The van der Waals surface area contributed by atoms with E-state index in [2.05, 4.69) is 26.8 Å². The summed E-state index contributed by atoms with van der Waals surface area (Å²) in [7, 11) is 2.05. The summed E-state index contributed by atoms with van der Waals surface area (Å²) in [5, 5.41) is 0. The van der Waals surface area contributed by atoms with Crippen molar-refractivity contribution in [2.24, 2.45) is 0 Å². The molecule has 0 amide bonds. The molecule has 0 fully saturated rings. The molecule has 0 aliphatic carbocycles. The first-order chi connectivity index (χ1) is 8.31. The Hall–Kier alpha value is -1.97. The van der Waals surface area contributed by atoms with E-state index >= 15 is 0 Å². The summed E-state index contributed by atoms with van der Waals surface area (Å²) < 4.78 is 0. The molecule has 0 radical (unpaired) electrons. The molecule has 2 heterocycles. The monoisotopic (exact) mass is 228 g/mol. The fraction of sp³-hybridized carbons (Fsp3) is 0.308. The predicted octanol–water partition coefficient (Wildman–Crippen LogP) is 2.38. The maximum absolute atomic E-state index is 4.42. The van der Waals surface area contributed by atoms with Crippen LogP contribution < -0.4 is 4.90 Å². The van der Waals surface area contributed by atoms with Crippen LogP contribution in [-0.2, 0) is 0 Å². The molecule has 0 saturated heterocycles. The van der Waals surface area contributed by atoms with Gasteiger partial charge in [0.2, 0.25) is 0 Å². The van der Waals surface area contributed by atoms with E-state index in [0.29, 0.717) is 5.82 Å². The minimum absolute atomic E-state index is 0.713. The predicted molar refractivity (Wildman–Crippen MR) is 68.8 cm³/mol. The van der Waals surface area contributed by atoms with E-state index in [4.69, 9.17) is 0 Å². The summed E-state index contributed by atoms with van der Waals surface area (Å²) in [5.41, 5.74) is 0.944. The highest BCUT2D eigenvalue weighted by Gasteiger charge is 2.03. The van der Waals surface area contributed by atoms with Crippen molar-refractivity contribution in [1.82, 2.24) is 15.0 Å². The molecule has 0 aliphatic heterocycles. The van der Waals surface area contributed by atoms with E-state index in [1.165, 1.54) is 0 Å². The summed E-state index contributed by atoms with van der Waals surface area (Å²) in [6, 6.07) is 5.81. The molecule has 0 bridgehead atoms. The fourth-order valence-electron chi connectivity index (χ4n) is 1.64. The first-order valence-corrected chi connectivity index (χ1v) is 5.76. The topological polar surface area (TPSA) is 41.9 Å². The van der Waals surface area contributed by atoms with Gasteiger partial charge in [0.1, 0.15) is 5.82 Å². The smallest absolute Gasteiger partial charge is 0.160 e. The Morgan fingerprint density at radius 3 is 2.47 bits per heavy atom. The third kappa shape index (κ3) is 2.78. The zero-order valence-corrected chi connectivity index (χ0v) is 10.2. The second-order valence-corrected chi connectivity index (χ2v) is 3.90. The lowest BCUT2D eigenvalue weighted by Crippen LogP contribution is -2.18. The lowest BCUT2D eigenvalue weighted by Gasteiger charge is -2.16. The summed E-state index contributed by atoms with van der Waals surface area (Å²) >= 11 is 0. The van der Waals surface area contributed by atoms with E-state index < -0.39 is 0 Å². The van der Waals surface area contributed by atoms with Gasteiger partial charge in [-0.15, -0.1) is 0 Å². The molecule has 2 rings (SSSR count). The van der Waals surface area contributed by atoms with Gasteiger partial charge in [-0.05, 0) is 24.6 Å². The molecule has 0 unspecified atom stereocenters. The lowest BCUT2D eigenvalue weighted by atomic mass is 10.2. The highest BCUT2D eigenvalue weighted by Crippen LogP contribution is 2.16. The molecule has 0 atom stereocenters. The molecule has 2 aromatic heterocycles. The SMILES string of the molecule is CCCN(C)c1ccc(-c2ncccn2)cn1. The third-order valence-electron chi connectivity index (χ3n) is 2.52. The summed E-state index contributed by atoms with van der Waals surface area (Å²) in [5.74, 6) is 1.69. The van der Waals surface area contributed by atoms with Gasteiger partial charge in [-0.25, -0.2) is 15.0 Å². The second-order valence-electron chi connectivity index (χ2n) is 3.90. The highest BCUT2D eigenvalue weighted by molar-refractivity contribution is 5.55. The standard InChI is InChI=1S/C13H16N4/c1-3-9-17(2)12-6-5-11(10-16-12)13-14-7-4-8-15-13/h4-8,10H,3,9H2,1-2H3. The molecule has 2 aromatic rings. The van der Waals surface area contributed by atoms with Crippen molar-refractivity contribution in [1.29, 1.82) is 0 Å². The van der Waals surface area contributed by atoms with Gasteiger partial charge >= 0.3 is 0 Å². The van der Waals surface area contributed by atoms with Gasteiger partial charge < -0.3 is 4.90 Å². The minimum atomic E-state index is 0.713. The summed E-state index contributed by atoms with van der Waals surface area (Å²) in [6.45, 7) is 3.16. The number of rotatable bonds is 4. The summed E-state index contributed by atoms with van der Waals surface area (Å²) in [4.78, 5) is 14.9. The number of nitrogens with zero attached hydrogens (tertiary/aromatic N) is 4. The van der Waals surface area contributed by atoms with Crippen LogP contribution in [0, 0.1) is 0 Å². The Bertz CT molecular complexity index is 453. The van der Waals surface area contributed by atoms with Crippen molar-refractivity contribution >= 4 is 5.82 Å². The average Bonchev–Trinajstić information content (AvgIpc) is 2.40. The van der Waals surface area contributed by atoms with Crippen molar-refractivity contribution in [2.45, 2.75) is 13.3 Å². The Morgan fingerprint density at radius 1 is 1.12 bits per heavy atom. The molecule has 0 aromatic carbocycles. The van der Waals surface area contributed by atoms with Gasteiger partial charge in [0, 0.05) is 37.7 Å². The Labute approximate surface area is 101 Å². The van der Waals surface area contributed by atoms with Crippen LogP contribution in [-0.4, -0.2) is 28.5 Å². The van der Waals surface area contributed by atoms with Crippen molar-refractivity contribution in [2.75, 3.05) is 18.5 Å². The Morgan fingerprint density at radius 2 is 1.88 bits per heavy atom. The van der Waals surface area contributed by atoms with Crippen LogP contribution in [0.4, 0.5) is 5.82 Å². The van der Waals surface area contributed by atoms with Crippen molar-refractivity contribution < 1.29 is 0 Å². The Balaban J connectivity index is 2.19. The van der Waals surface area contributed by atoms with Crippen LogP contribution >= 0.6 is 0 Å². The largest absolute Gasteiger partial charge is 0.360 e. The average molecular weight is 228 g/mol. The molecule has 0 N–H and O–H groups in total. The van der Waals surface area contributed by atoms with Gasteiger partial charge in [0.15, 0.2) is 5.82 Å². The first kappa shape index (κ1) is 11.5. The molecule has 4 nitrogen and oxygen atoms in total. The molecule has 0 saturated carbocycles. The van der Waals surface area contributed by atoms with Crippen molar-refractivity contribution in [3.8, 4) is 11.4 Å². The molecular formula is C13H16N4. The van der Waals surface area contributed by atoms with Crippen LogP contribution in [0.15, 0.2) is 36.8 Å². The number of hydrogen-bond acceptors (Lipinski definition) is 4. The molecule has 0 aliphatic rings. The van der Waals surface area contributed by atoms with Gasteiger partial charge in [0.25, 0.3) is 0 Å². The van der Waals surface area contributed by atoms with E-state index in [9.17, 15) is 0 Å². The van der Waals surface area contributed by atoms with Gasteiger partial charge in [-0.3, -0.25) is 0 Å². The summed E-state index contributed by atoms with van der Waals surface area (Å²) in [6.07, 6.45) is 6.40. The van der Waals surface area contributed by atoms with Crippen LogP contribution in [0.25, 0.3) is 11.4 Å². The lowest BCUT2D eigenvalue weighted by molar-refractivity contribution is 0.838. The van der Waals surface area contributed by atoms with E-state index in [-0.39, 0.29) is 0 Å². The normalized spacial score (nSPS) is 10.2. The minimum Gasteiger partial charge on any atom is -0.360 e. The zero-order valence-electron chi connectivity index (χ0n) is 10.2. The van der Waals surface area contributed by atoms with Crippen LogP contribution in [0.5, 0.6) is 0 Å². The van der Waals surface area contributed by atoms with E-state index in [0.717, 1.165) is 24.3 Å². The Kier molecular flexibility index (Phi) is 3.65. The van der Waals surface area contributed by atoms with E-state index in [1.54, 1.807) is 18.5 Å². The quantitative estimate of drug-likeness (QED) is 0.805. The van der Waals surface area contributed by atoms with Crippen LogP contribution in [0.2, 0.25) is 0 Å². The number of anilines is 1. The second kappa shape index (κ2) is 5.39. The third-order valence-corrected chi connectivity index (χ3v) is 2.52. The fourth-order valence-corrected chi connectivity index (χ4v) is 1.64. The zero-order chi connectivity index (χ0) is 12.1. The maximum Gasteiger partial charge on any atom is 0.160 e. The highest BCUT2D eigenvalue weighted by atomic mass is 15.2. The number of aromatic nitrogens is 3. The molecule has 0 spiro atoms. The number of hydrogen-bond donors (Lipinski definition) is 0. The molecule has 88 valence electrons. The van der Waals surface area contributed by atoms with Crippen molar-refractivity contribution in [3.05, 3.63) is 36.8 Å². The van der Waals surface area contributed by atoms with E-state index in [1.807, 2.05) is 25.4 Å². The van der Waals surface area contributed by atoms with Crippen molar-refractivity contribution in [3.63, 3.8) is 0 Å². The number of pyridine rings is 1.